The fraction of sp³-hybridized carbons (Fsp3) is 0.152. The highest BCUT2D eigenvalue weighted by molar-refractivity contribution is 6.35. The summed E-state index contributed by atoms with van der Waals surface area (Å²) in [5, 5.41) is 28.8. The average molecular weight is 666 g/mol. The van der Waals surface area contributed by atoms with Crippen LogP contribution >= 0.6 is 23.2 Å². The minimum atomic E-state index is -1.84. The highest BCUT2D eigenvalue weighted by atomic mass is 35.5. The van der Waals surface area contributed by atoms with Crippen molar-refractivity contribution in [2.24, 2.45) is 0 Å². The van der Waals surface area contributed by atoms with Gasteiger partial charge < -0.3 is 34.4 Å². The van der Waals surface area contributed by atoms with Crippen molar-refractivity contribution in [2.75, 3.05) is 0 Å². The molecule has 1 atom stereocenters. The molecule has 0 bridgehead atoms. The van der Waals surface area contributed by atoms with Crippen LogP contribution in [0.25, 0.3) is 11.1 Å². The first kappa shape index (κ1) is 32.1. The van der Waals surface area contributed by atoms with Crippen molar-refractivity contribution in [2.45, 2.75) is 31.8 Å². The van der Waals surface area contributed by atoms with Crippen LogP contribution < -0.4 is 14.2 Å². The number of hydrogen-bond acceptors (Lipinski definition) is 7. The number of halogens is 2. The summed E-state index contributed by atoms with van der Waals surface area (Å²) in [6, 6.07) is 21.4. The number of benzene rings is 4. The molecule has 4 aromatic carbocycles. The maximum absolute atomic E-state index is 14.5. The molecule has 5 rings (SSSR count). The molecule has 0 saturated carbocycles. The van der Waals surface area contributed by atoms with E-state index in [9.17, 15) is 29.4 Å². The maximum atomic E-state index is 14.5. The Morgan fingerprint density at radius 3 is 2.02 bits per heavy atom. The fourth-order valence-electron chi connectivity index (χ4n) is 5.53. The molecule has 0 aromatic heterocycles. The lowest BCUT2D eigenvalue weighted by atomic mass is 9.86. The van der Waals surface area contributed by atoms with Crippen molar-refractivity contribution in [1.29, 1.82) is 0 Å². The number of rotatable bonds is 8. The molecule has 0 spiro atoms. The largest absolute Gasteiger partial charge is 0.511 e. The molecule has 4 aromatic rings. The Kier molecular flexibility index (Phi) is 9.64. The van der Waals surface area contributed by atoms with Crippen molar-refractivity contribution in [3.63, 3.8) is 0 Å². The topological polar surface area (TPSA) is 160 Å². The van der Waals surface area contributed by atoms with E-state index in [2.05, 4.69) is 4.74 Å². The number of nitrogens with zero attached hydrogens (tertiary/aromatic N) is 1. The van der Waals surface area contributed by atoms with Gasteiger partial charge in [-0.25, -0.2) is 14.4 Å². The Morgan fingerprint density at radius 1 is 0.717 bits per heavy atom. The summed E-state index contributed by atoms with van der Waals surface area (Å²) in [6.45, 7) is 0.0367. The van der Waals surface area contributed by atoms with Gasteiger partial charge in [0.05, 0.1) is 11.6 Å². The Morgan fingerprint density at radius 2 is 1.35 bits per heavy atom. The fourth-order valence-corrected chi connectivity index (χ4v) is 6.06. The zero-order valence-corrected chi connectivity index (χ0v) is 25.3. The van der Waals surface area contributed by atoms with E-state index < -0.39 is 53.2 Å². The predicted octanol–water partition coefficient (Wildman–Crippen LogP) is 8.55. The van der Waals surface area contributed by atoms with E-state index in [1.165, 1.54) is 4.90 Å². The van der Waals surface area contributed by atoms with E-state index in [4.69, 9.17) is 37.8 Å². The van der Waals surface area contributed by atoms with Crippen LogP contribution in [-0.4, -0.2) is 44.6 Å². The van der Waals surface area contributed by atoms with E-state index >= 15 is 0 Å². The van der Waals surface area contributed by atoms with E-state index in [0.717, 1.165) is 47.2 Å². The van der Waals surface area contributed by atoms with Gasteiger partial charge >= 0.3 is 18.5 Å². The van der Waals surface area contributed by atoms with Gasteiger partial charge in [-0.05, 0) is 71.3 Å². The molecule has 236 valence electrons. The van der Waals surface area contributed by atoms with Gasteiger partial charge in [0.2, 0.25) is 0 Å². The smallest absolute Gasteiger partial charge is 0.449 e. The van der Waals surface area contributed by atoms with Crippen LogP contribution in [0, 0.1) is 0 Å². The summed E-state index contributed by atoms with van der Waals surface area (Å²) in [4.78, 5) is 50.4. The third-order valence-electron chi connectivity index (χ3n) is 7.32. The monoisotopic (exact) mass is 665 g/mol. The van der Waals surface area contributed by atoms with Gasteiger partial charge in [0, 0.05) is 28.7 Å². The Bertz CT molecular complexity index is 1820. The first-order valence-corrected chi connectivity index (χ1v) is 14.6. The van der Waals surface area contributed by atoms with Crippen molar-refractivity contribution in [3.8, 4) is 28.4 Å². The van der Waals surface area contributed by atoms with Crippen molar-refractivity contribution in [1.82, 2.24) is 4.90 Å². The third kappa shape index (κ3) is 7.51. The summed E-state index contributed by atoms with van der Waals surface area (Å²) < 4.78 is 14.2. The molecule has 0 unspecified atom stereocenters. The van der Waals surface area contributed by atoms with Crippen molar-refractivity contribution < 1.29 is 48.7 Å². The van der Waals surface area contributed by atoms with Crippen LogP contribution in [0.2, 0.25) is 10.0 Å². The molecule has 0 radical (unpaired) electrons. The summed E-state index contributed by atoms with van der Waals surface area (Å²) >= 11 is 12.5. The number of aryl methyl sites for hydroxylation is 1. The second kappa shape index (κ2) is 13.8. The minimum absolute atomic E-state index is 0.0367. The molecule has 0 saturated heterocycles. The quantitative estimate of drug-likeness (QED) is 0.123. The lowest BCUT2D eigenvalue weighted by molar-refractivity contribution is 0.0633. The Balaban J connectivity index is 1.64. The SMILES string of the molecule is O=C(O)Oc1cc(OC(=O)O)c(C(=O)N(Cc2cccc(-c3cc(Cl)cc(Cl)c3)c2)[C@H]2CCCc3ccccc32)cc1OC(=O)O. The minimum Gasteiger partial charge on any atom is -0.449 e. The number of amides is 1. The zero-order chi connectivity index (χ0) is 33.0. The Labute approximate surface area is 272 Å². The normalized spacial score (nSPS) is 13.7. The molecule has 1 aliphatic carbocycles. The van der Waals surface area contributed by atoms with Crippen molar-refractivity contribution in [3.05, 3.63) is 111 Å². The highest BCUT2D eigenvalue weighted by Crippen LogP contribution is 2.41. The molecule has 1 amide bonds. The lowest BCUT2D eigenvalue weighted by Crippen LogP contribution is -2.36. The second-order valence-corrected chi connectivity index (χ2v) is 11.2. The molecule has 13 heteroatoms. The molecule has 3 N–H and O–H groups in total. The van der Waals surface area contributed by atoms with E-state index in [1.54, 1.807) is 18.2 Å². The van der Waals surface area contributed by atoms with Crippen molar-refractivity contribution >= 4 is 47.6 Å². The maximum Gasteiger partial charge on any atom is 0.511 e. The first-order valence-electron chi connectivity index (χ1n) is 13.8. The number of carbonyl (C=O) groups is 4. The predicted molar refractivity (Wildman–Crippen MR) is 166 cm³/mol. The Hall–Kier alpha value is -5.26. The highest BCUT2D eigenvalue weighted by Gasteiger charge is 2.33. The van der Waals surface area contributed by atoms with Gasteiger partial charge in [-0.3, -0.25) is 4.79 Å². The molecular formula is C33H25Cl2NO10. The average Bonchev–Trinajstić information content (AvgIpc) is 2.99. The summed E-state index contributed by atoms with van der Waals surface area (Å²) in [7, 11) is 0. The van der Waals surface area contributed by atoms with E-state index in [0.29, 0.717) is 22.0 Å². The zero-order valence-electron chi connectivity index (χ0n) is 23.8. The lowest BCUT2D eigenvalue weighted by Gasteiger charge is -2.36. The number of carbonyl (C=O) groups excluding carboxylic acids is 1. The van der Waals surface area contributed by atoms with E-state index in [1.807, 2.05) is 48.5 Å². The van der Waals surface area contributed by atoms with Crippen LogP contribution in [0.1, 0.15) is 45.9 Å². The van der Waals surface area contributed by atoms with Gasteiger partial charge in [-0.1, -0.05) is 65.7 Å². The van der Waals surface area contributed by atoms with Crippen LogP contribution in [-0.2, 0) is 13.0 Å². The molecular weight excluding hydrogens is 641 g/mol. The van der Waals surface area contributed by atoms with Crippen LogP contribution in [0.4, 0.5) is 14.4 Å². The number of carboxylic acid groups (broad SMARTS) is 3. The van der Waals surface area contributed by atoms with Crippen LogP contribution in [0.3, 0.4) is 0 Å². The summed E-state index contributed by atoms with van der Waals surface area (Å²) in [6.07, 6.45) is -3.34. The first-order chi connectivity index (χ1) is 22.0. The molecule has 0 fully saturated rings. The second-order valence-electron chi connectivity index (χ2n) is 10.3. The summed E-state index contributed by atoms with van der Waals surface area (Å²) in [5.74, 6) is -2.65. The van der Waals surface area contributed by atoms with Crippen LogP contribution in [0.5, 0.6) is 17.2 Å². The van der Waals surface area contributed by atoms with E-state index in [-0.39, 0.29) is 6.54 Å². The summed E-state index contributed by atoms with van der Waals surface area (Å²) in [5.41, 5.74) is 3.78. The molecule has 0 aliphatic heterocycles. The molecule has 1 aliphatic rings. The van der Waals surface area contributed by atoms with Gasteiger partial charge in [0.15, 0.2) is 17.2 Å². The van der Waals surface area contributed by atoms with Gasteiger partial charge in [0.25, 0.3) is 5.91 Å². The number of hydrogen-bond donors (Lipinski definition) is 3. The van der Waals surface area contributed by atoms with Gasteiger partial charge in [0.1, 0.15) is 0 Å². The molecule has 46 heavy (non-hydrogen) atoms. The number of fused-ring (bicyclic) bond motifs is 1. The third-order valence-corrected chi connectivity index (χ3v) is 7.76. The van der Waals surface area contributed by atoms with Gasteiger partial charge in [-0.15, -0.1) is 0 Å². The molecule has 0 heterocycles. The van der Waals surface area contributed by atoms with Crippen LogP contribution in [0.15, 0.2) is 78.9 Å². The molecule has 11 nitrogen and oxygen atoms in total. The number of ether oxygens (including phenoxy) is 3. The standard InChI is InChI=1S/C33H25Cl2NO10/c34-22-12-21(13-23(35)14-22)20-8-3-5-18(11-20)17-36(26-10-4-7-19-6-1-2-9-24(19)26)30(37)25-15-28(45-32(40)41)29(46-33(42)43)16-27(25)44-31(38)39/h1-3,5-6,8-9,11-16,26H,4,7,10,17H2,(H,38,39)(H,40,41)(H,42,43)/t26-/m0/s1. The van der Waals surface area contributed by atoms with Gasteiger partial charge in [-0.2, -0.15) is 0 Å².